The summed E-state index contributed by atoms with van der Waals surface area (Å²) in [6.45, 7) is -0.348. The minimum atomic E-state index is -0.471. The minimum Gasteiger partial charge on any atom is -0.300 e. The third-order valence-electron chi connectivity index (χ3n) is 4.07. The fourth-order valence-corrected chi connectivity index (χ4v) is 3.77. The first-order valence-electron chi connectivity index (χ1n) is 7.99. The number of amides is 3. The number of aromatic nitrogens is 1. The van der Waals surface area contributed by atoms with Gasteiger partial charge in [0.05, 0.1) is 16.8 Å². The molecule has 134 valence electrons. The molecule has 27 heavy (non-hydrogen) atoms. The number of hydrogen-bond donors (Lipinski definition) is 1. The smallest absolute Gasteiger partial charge is 0.262 e. The Morgan fingerprint density at radius 2 is 1.67 bits per heavy atom. The average Bonchev–Trinajstić information content (AvgIpc) is 3.22. The molecule has 0 saturated heterocycles. The largest absolute Gasteiger partial charge is 0.300 e. The molecule has 0 unspecified atom stereocenters. The van der Waals surface area contributed by atoms with Crippen LogP contribution in [0, 0.1) is 0 Å². The van der Waals surface area contributed by atoms with Gasteiger partial charge in [-0.15, -0.1) is 11.3 Å². The number of imide groups is 1. The molecule has 0 aliphatic carbocycles. The standard InChI is InChI=1S/C19H12BrN3O3S/c20-12-7-5-11(6-8-12)15-10-27-19(21-15)22-16(24)9-23-17(25)13-3-1-2-4-14(13)18(23)26/h1-8,10H,9H2,(H,21,22,24). The van der Waals surface area contributed by atoms with Gasteiger partial charge in [0.15, 0.2) is 5.13 Å². The Bertz CT molecular complexity index is 1030. The van der Waals surface area contributed by atoms with Crippen LogP contribution in [-0.2, 0) is 4.79 Å². The maximum absolute atomic E-state index is 12.3. The molecule has 2 heterocycles. The number of rotatable bonds is 4. The van der Waals surface area contributed by atoms with E-state index in [1.807, 2.05) is 29.6 Å². The van der Waals surface area contributed by atoms with Gasteiger partial charge >= 0.3 is 0 Å². The van der Waals surface area contributed by atoms with Crippen molar-refractivity contribution in [1.29, 1.82) is 0 Å². The van der Waals surface area contributed by atoms with Crippen LogP contribution >= 0.6 is 27.3 Å². The molecule has 0 bridgehead atoms. The van der Waals surface area contributed by atoms with Crippen molar-refractivity contribution in [2.75, 3.05) is 11.9 Å². The highest BCUT2D eigenvalue weighted by Crippen LogP contribution is 2.26. The zero-order chi connectivity index (χ0) is 19.0. The van der Waals surface area contributed by atoms with Crippen molar-refractivity contribution in [3.63, 3.8) is 0 Å². The highest BCUT2D eigenvalue weighted by atomic mass is 79.9. The van der Waals surface area contributed by atoms with E-state index in [0.29, 0.717) is 16.3 Å². The van der Waals surface area contributed by atoms with Crippen molar-refractivity contribution >= 4 is 50.1 Å². The van der Waals surface area contributed by atoms with Gasteiger partial charge in [0.1, 0.15) is 6.54 Å². The van der Waals surface area contributed by atoms with E-state index in [4.69, 9.17) is 0 Å². The number of nitrogens with zero attached hydrogens (tertiary/aromatic N) is 2. The normalized spacial score (nSPS) is 13.0. The van der Waals surface area contributed by atoms with E-state index in [2.05, 4.69) is 26.2 Å². The molecule has 3 amide bonds. The Morgan fingerprint density at radius 1 is 1.04 bits per heavy atom. The fourth-order valence-electron chi connectivity index (χ4n) is 2.77. The van der Waals surface area contributed by atoms with Gasteiger partial charge in [-0.25, -0.2) is 4.98 Å². The molecular formula is C19H12BrN3O3S. The van der Waals surface area contributed by atoms with E-state index < -0.39 is 17.7 Å². The predicted molar refractivity (Wildman–Crippen MR) is 106 cm³/mol. The monoisotopic (exact) mass is 441 g/mol. The third kappa shape index (κ3) is 3.41. The lowest BCUT2D eigenvalue weighted by Gasteiger charge is -2.12. The van der Waals surface area contributed by atoms with Gasteiger partial charge in [-0.2, -0.15) is 0 Å². The van der Waals surface area contributed by atoms with Crippen LogP contribution in [0.5, 0.6) is 0 Å². The number of carbonyl (C=O) groups excluding carboxylic acids is 3. The van der Waals surface area contributed by atoms with Gasteiger partial charge in [0.2, 0.25) is 5.91 Å². The summed E-state index contributed by atoms with van der Waals surface area (Å²) in [5, 5.41) is 4.90. The predicted octanol–water partition coefficient (Wildman–Crippen LogP) is 3.81. The average molecular weight is 442 g/mol. The second-order valence-corrected chi connectivity index (χ2v) is 7.61. The van der Waals surface area contributed by atoms with E-state index in [1.54, 1.807) is 24.3 Å². The second-order valence-electron chi connectivity index (χ2n) is 5.84. The number of fused-ring (bicyclic) bond motifs is 1. The molecule has 3 aromatic rings. The number of anilines is 1. The summed E-state index contributed by atoms with van der Waals surface area (Å²) in [5.74, 6) is -1.39. The van der Waals surface area contributed by atoms with Crippen molar-refractivity contribution in [1.82, 2.24) is 9.88 Å². The van der Waals surface area contributed by atoms with E-state index in [9.17, 15) is 14.4 Å². The van der Waals surface area contributed by atoms with Gasteiger partial charge in [0.25, 0.3) is 11.8 Å². The van der Waals surface area contributed by atoms with Gasteiger partial charge in [-0.1, -0.05) is 40.2 Å². The van der Waals surface area contributed by atoms with Crippen LogP contribution in [0.4, 0.5) is 5.13 Å². The van der Waals surface area contributed by atoms with Gasteiger partial charge in [0, 0.05) is 15.4 Å². The number of benzene rings is 2. The first-order valence-corrected chi connectivity index (χ1v) is 9.67. The first kappa shape index (κ1) is 17.6. The number of thiazole rings is 1. The van der Waals surface area contributed by atoms with Crippen LogP contribution in [0.25, 0.3) is 11.3 Å². The summed E-state index contributed by atoms with van der Waals surface area (Å²) < 4.78 is 0.968. The van der Waals surface area contributed by atoms with Gasteiger partial charge < -0.3 is 5.32 Å². The summed E-state index contributed by atoms with van der Waals surface area (Å²) in [5.41, 5.74) is 2.31. The topological polar surface area (TPSA) is 79.4 Å². The molecule has 0 spiro atoms. The second kappa shape index (κ2) is 7.05. The molecule has 2 aromatic carbocycles. The van der Waals surface area contributed by atoms with Crippen LogP contribution < -0.4 is 5.32 Å². The summed E-state index contributed by atoms with van der Waals surface area (Å²) in [4.78, 5) is 42.3. The van der Waals surface area contributed by atoms with E-state index in [0.717, 1.165) is 20.6 Å². The third-order valence-corrected chi connectivity index (χ3v) is 5.36. The molecule has 1 aliphatic heterocycles. The van der Waals surface area contributed by atoms with Crippen molar-refractivity contribution in [2.24, 2.45) is 0 Å². The highest BCUT2D eigenvalue weighted by Gasteiger charge is 2.36. The van der Waals surface area contributed by atoms with Crippen LogP contribution in [0.2, 0.25) is 0 Å². The summed E-state index contributed by atoms with van der Waals surface area (Å²) in [6.07, 6.45) is 0. The van der Waals surface area contributed by atoms with E-state index in [-0.39, 0.29) is 6.54 Å². The fraction of sp³-hybridized carbons (Fsp3) is 0.0526. The molecule has 4 rings (SSSR count). The lowest BCUT2D eigenvalue weighted by atomic mass is 10.1. The Morgan fingerprint density at radius 3 is 2.30 bits per heavy atom. The Labute approximate surface area is 167 Å². The molecule has 0 atom stereocenters. The molecule has 6 nitrogen and oxygen atoms in total. The van der Waals surface area contributed by atoms with Crippen LogP contribution in [0.1, 0.15) is 20.7 Å². The molecular weight excluding hydrogens is 430 g/mol. The van der Waals surface area contributed by atoms with Crippen molar-refractivity contribution in [2.45, 2.75) is 0 Å². The van der Waals surface area contributed by atoms with Gasteiger partial charge in [-0.05, 0) is 24.3 Å². The van der Waals surface area contributed by atoms with Gasteiger partial charge in [-0.3, -0.25) is 19.3 Å². The minimum absolute atomic E-state index is 0.321. The molecule has 8 heteroatoms. The van der Waals surface area contributed by atoms with Crippen molar-refractivity contribution < 1.29 is 14.4 Å². The van der Waals surface area contributed by atoms with Crippen LogP contribution in [0.15, 0.2) is 58.4 Å². The number of halogens is 1. The Kier molecular flexibility index (Phi) is 4.59. The number of carbonyl (C=O) groups is 3. The Balaban J connectivity index is 1.44. The summed E-state index contributed by atoms with van der Waals surface area (Å²) in [6, 6.07) is 14.2. The molecule has 1 aromatic heterocycles. The highest BCUT2D eigenvalue weighted by molar-refractivity contribution is 9.10. The maximum atomic E-state index is 12.3. The van der Waals surface area contributed by atoms with Crippen LogP contribution in [-0.4, -0.2) is 34.2 Å². The number of hydrogen-bond acceptors (Lipinski definition) is 5. The lowest BCUT2D eigenvalue weighted by molar-refractivity contribution is -0.116. The quantitative estimate of drug-likeness (QED) is 0.624. The number of nitrogens with one attached hydrogen (secondary N) is 1. The molecule has 0 saturated carbocycles. The van der Waals surface area contributed by atoms with Crippen molar-refractivity contribution in [3.05, 3.63) is 69.5 Å². The Hall–Kier alpha value is -2.84. The summed E-state index contributed by atoms with van der Waals surface area (Å²) in [7, 11) is 0. The molecule has 0 radical (unpaired) electrons. The summed E-state index contributed by atoms with van der Waals surface area (Å²) >= 11 is 4.66. The lowest BCUT2D eigenvalue weighted by Crippen LogP contribution is -2.37. The zero-order valence-electron chi connectivity index (χ0n) is 13.8. The molecule has 1 aliphatic rings. The molecule has 0 fully saturated rings. The van der Waals surface area contributed by atoms with E-state index >= 15 is 0 Å². The maximum Gasteiger partial charge on any atom is 0.262 e. The molecule has 1 N–H and O–H groups in total. The van der Waals surface area contributed by atoms with Crippen LogP contribution in [0.3, 0.4) is 0 Å². The first-order chi connectivity index (χ1) is 13.0. The van der Waals surface area contributed by atoms with Crippen molar-refractivity contribution in [3.8, 4) is 11.3 Å². The SMILES string of the molecule is O=C(CN1C(=O)c2ccccc2C1=O)Nc1nc(-c2ccc(Br)cc2)cs1. The zero-order valence-corrected chi connectivity index (χ0v) is 16.2. The van der Waals surface area contributed by atoms with E-state index in [1.165, 1.54) is 11.3 Å².